The van der Waals surface area contributed by atoms with Crippen LogP contribution < -0.4 is 4.90 Å². The van der Waals surface area contributed by atoms with Crippen molar-refractivity contribution in [3.63, 3.8) is 0 Å². The van der Waals surface area contributed by atoms with Gasteiger partial charge in [-0.05, 0) is 30.0 Å². The van der Waals surface area contributed by atoms with E-state index in [0.29, 0.717) is 12.2 Å². The summed E-state index contributed by atoms with van der Waals surface area (Å²) in [6, 6.07) is 6.69. The fourth-order valence-corrected chi connectivity index (χ4v) is 2.63. The highest BCUT2D eigenvalue weighted by atomic mass is 16.6. The van der Waals surface area contributed by atoms with Crippen LogP contribution in [-0.4, -0.2) is 38.5 Å². The quantitative estimate of drug-likeness (QED) is 0.717. The summed E-state index contributed by atoms with van der Waals surface area (Å²) in [7, 11) is 0. The Morgan fingerprint density at radius 2 is 1.76 bits per heavy atom. The molecule has 2 atom stereocenters. The Morgan fingerprint density at radius 1 is 1.06 bits per heavy atom. The topological polar surface area (TPSA) is 28.3 Å². The first-order chi connectivity index (χ1) is 8.40. The third-order valence-corrected chi connectivity index (χ3v) is 3.89. The minimum Gasteiger partial charge on any atom is -0.371 e. The largest absolute Gasteiger partial charge is 0.371 e. The third kappa shape index (κ3) is 1.94. The molecule has 2 unspecified atom stereocenters. The zero-order valence-corrected chi connectivity index (χ0v) is 9.89. The molecule has 0 amide bonds. The Kier molecular flexibility index (Phi) is 2.17. The van der Waals surface area contributed by atoms with Crippen molar-refractivity contribution in [1.82, 2.24) is 0 Å². The monoisotopic (exact) mass is 231 g/mol. The van der Waals surface area contributed by atoms with Crippen molar-refractivity contribution in [2.45, 2.75) is 25.0 Å². The molecule has 0 bridgehead atoms. The number of nitrogens with zero attached hydrogens (tertiary/aromatic N) is 1. The predicted molar refractivity (Wildman–Crippen MR) is 65.5 cm³/mol. The summed E-state index contributed by atoms with van der Waals surface area (Å²) in [5.41, 5.74) is 4.49. The lowest BCUT2D eigenvalue weighted by molar-refractivity contribution is 0.388. The van der Waals surface area contributed by atoms with Gasteiger partial charge in [0, 0.05) is 18.8 Å². The summed E-state index contributed by atoms with van der Waals surface area (Å²) >= 11 is 0. The predicted octanol–water partition coefficient (Wildman–Crippen LogP) is 1.39. The number of ether oxygens (including phenoxy) is 2. The Hall–Kier alpha value is -1.06. The second kappa shape index (κ2) is 3.72. The molecular formula is C14H17NO2. The number of rotatable bonds is 5. The summed E-state index contributed by atoms with van der Waals surface area (Å²) in [5, 5.41) is 0. The Balaban J connectivity index is 1.59. The molecule has 17 heavy (non-hydrogen) atoms. The van der Waals surface area contributed by atoms with Crippen molar-refractivity contribution in [1.29, 1.82) is 0 Å². The molecule has 2 heterocycles. The van der Waals surface area contributed by atoms with E-state index in [-0.39, 0.29) is 0 Å². The summed E-state index contributed by atoms with van der Waals surface area (Å²) in [4.78, 5) is 2.47. The lowest BCUT2D eigenvalue weighted by Gasteiger charge is -2.31. The average Bonchev–Trinajstić information content (AvgIpc) is 3.12. The maximum Gasteiger partial charge on any atom is 0.0984 e. The standard InChI is InChI=1S/C14H17NO2/c1-2-10-4-5-13(10)14(3-1)15(6-11-8-16-11)7-12-9-17-12/h1-3,11-12H,4-9H2. The Bertz CT molecular complexity index is 424. The van der Waals surface area contributed by atoms with Crippen LogP contribution in [0.4, 0.5) is 5.69 Å². The molecule has 0 radical (unpaired) electrons. The summed E-state index contributed by atoms with van der Waals surface area (Å²) in [5.74, 6) is 0. The summed E-state index contributed by atoms with van der Waals surface area (Å²) in [6.45, 7) is 3.90. The van der Waals surface area contributed by atoms with E-state index in [9.17, 15) is 0 Å². The molecule has 3 heteroatoms. The van der Waals surface area contributed by atoms with Gasteiger partial charge in [-0.1, -0.05) is 12.1 Å². The molecule has 0 N–H and O–H groups in total. The first-order valence-corrected chi connectivity index (χ1v) is 6.49. The number of aryl methyl sites for hydroxylation is 1. The molecule has 1 aromatic carbocycles. The Labute approximate surface area is 101 Å². The zero-order chi connectivity index (χ0) is 11.2. The number of hydrogen-bond donors (Lipinski definition) is 0. The van der Waals surface area contributed by atoms with Gasteiger partial charge in [0.25, 0.3) is 0 Å². The van der Waals surface area contributed by atoms with Crippen molar-refractivity contribution in [3.8, 4) is 0 Å². The smallest absolute Gasteiger partial charge is 0.0984 e. The van der Waals surface area contributed by atoms with Gasteiger partial charge >= 0.3 is 0 Å². The van der Waals surface area contributed by atoms with Crippen molar-refractivity contribution >= 4 is 5.69 Å². The summed E-state index contributed by atoms with van der Waals surface area (Å²) < 4.78 is 10.7. The molecule has 3 nitrogen and oxygen atoms in total. The van der Waals surface area contributed by atoms with Gasteiger partial charge in [-0.3, -0.25) is 0 Å². The molecule has 4 rings (SSSR count). The summed E-state index contributed by atoms with van der Waals surface area (Å²) in [6.07, 6.45) is 3.38. The number of hydrogen-bond acceptors (Lipinski definition) is 3. The lowest BCUT2D eigenvalue weighted by atomic mass is 9.86. The van der Waals surface area contributed by atoms with Gasteiger partial charge in [0.1, 0.15) is 0 Å². The van der Waals surface area contributed by atoms with Crippen LogP contribution in [0.2, 0.25) is 0 Å². The third-order valence-electron chi connectivity index (χ3n) is 3.89. The first kappa shape index (κ1) is 9.92. The molecule has 1 aliphatic carbocycles. The van der Waals surface area contributed by atoms with E-state index in [1.54, 1.807) is 5.56 Å². The molecule has 2 saturated heterocycles. The van der Waals surface area contributed by atoms with Crippen LogP contribution in [0.25, 0.3) is 0 Å². The van der Waals surface area contributed by atoms with Crippen LogP contribution >= 0.6 is 0 Å². The van der Waals surface area contributed by atoms with E-state index in [4.69, 9.17) is 9.47 Å². The highest BCUT2D eigenvalue weighted by Gasteiger charge is 2.32. The van der Waals surface area contributed by atoms with Crippen LogP contribution in [-0.2, 0) is 22.3 Å². The number of epoxide rings is 2. The first-order valence-electron chi connectivity index (χ1n) is 6.49. The second-order valence-electron chi connectivity index (χ2n) is 5.23. The molecule has 2 fully saturated rings. The van der Waals surface area contributed by atoms with Gasteiger partial charge in [-0.25, -0.2) is 0 Å². The number of benzene rings is 1. The van der Waals surface area contributed by atoms with Crippen molar-refractivity contribution < 1.29 is 9.47 Å². The van der Waals surface area contributed by atoms with E-state index < -0.39 is 0 Å². The zero-order valence-electron chi connectivity index (χ0n) is 9.89. The SMILES string of the molecule is c1cc2c(c(N(CC3CO3)CC3CO3)c1)CC2. The van der Waals surface area contributed by atoms with E-state index >= 15 is 0 Å². The van der Waals surface area contributed by atoms with Crippen LogP contribution in [0.3, 0.4) is 0 Å². The van der Waals surface area contributed by atoms with Crippen LogP contribution in [0.1, 0.15) is 11.1 Å². The number of anilines is 1. The lowest BCUT2D eigenvalue weighted by Crippen LogP contribution is -2.33. The molecular weight excluding hydrogens is 214 g/mol. The normalized spacial score (nSPS) is 28.2. The van der Waals surface area contributed by atoms with E-state index in [1.807, 2.05) is 0 Å². The van der Waals surface area contributed by atoms with Crippen LogP contribution in [0, 0.1) is 0 Å². The highest BCUT2D eigenvalue weighted by Crippen LogP contribution is 2.34. The molecule has 0 aromatic heterocycles. The van der Waals surface area contributed by atoms with E-state index in [0.717, 1.165) is 26.3 Å². The minimum absolute atomic E-state index is 0.449. The average molecular weight is 231 g/mol. The van der Waals surface area contributed by atoms with Crippen molar-refractivity contribution in [2.75, 3.05) is 31.2 Å². The fourth-order valence-electron chi connectivity index (χ4n) is 2.63. The van der Waals surface area contributed by atoms with Crippen molar-refractivity contribution in [2.24, 2.45) is 0 Å². The van der Waals surface area contributed by atoms with Gasteiger partial charge in [0.2, 0.25) is 0 Å². The maximum absolute atomic E-state index is 5.37. The molecule has 90 valence electrons. The van der Waals surface area contributed by atoms with Crippen LogP contribution in [0.15, 0.2) is 18.2 Å². The van der Waals surface area contributed by atoms with Gasteiger partial charge in [0.15, 0.2) is 0 Å². The molecule has 0 spiro atoms. The molecule has 3 aliphatic rings. The van der Waals surface area contributed by atoms with Gasteiger partial charge in [-0.2, -0.15) is 0 Å². The second-order valence-corrected chi connectivity index (χ2v) is 5.23. The van der Waals surface area contributed by atoms with Crippen LogP contribution in [0.5, 0.6) is 0 Å². The minimum atomic E-state index is 0.449. The van der Waals surface area contributed by atoms with E-state index in [1.165, 1.54) is 24.1 Å². The molecule has 2 aliphatic heterocycles. The fraction of sp³-hybridized carbons (Fsp3) is 0.571. The Morgan fingerprint density at radius 3 is 2.29 bits per heavy atom. The highest BCUT2D eigenvalue weighted by molar-refractivity contribution is 5.60. The van der Waals surface area contributed by atoms with E-state index in [2.05, 4.69) is 23.1 Å². The maximum atomic E-state index is 5.37. The van der Waals surface area contributed by atoms with Gasteiger partial charge in [-0.15, -0.1) is 0 Å². The van der Waals surface area contributed by atoms with Gasteiger partial charge < -0.3 is 14.4 Å². The van der Waals surface area contributed by atoms with Crippen molar-refractivity contribution in [3.05, 3.63) is 29.3 Å². The molecule has 0 saturated carbocycles. The molecule has 1 aromatic rings. The van der Waals surface area contributed by atoms with Gasteiger partial charge in [0.05, 0.1) is 25.4 Å². The number of fused-ring (bicyclic) bond motifs is 1.